The molecule has 0 aromatic heterocycles. The Labute approximate surface area is 326 Å². The van der Waals surface area contributed by atoms with Gasteiger partial charge in [-0.15, -0.1) is 24.8 Å². The maximum Gasteiger partial charge on any atom is -0.147 e. The van der Waals surface area contributed by atoms with Gasteiger partial charge in [0.2, 0.25) is 0 Å². The first-order valence-electron chi connectivity index (χ1n) is 18.8. The number of unbranched alkanes of at least 4 members (excludes halogenated alkanes) is 1. The van der Waals surface area contributed by atoms with Crippen LogP contribution in [0.4, 0.5) is 0 Å². The van der Waals surface area contributed by atoms with Crippen molar-refractivity contribution in [3.05, 3.63) is 154 Å². The molecule has 266 valence electrons. The monoisotopic (exact) mass is 816 g/mol. The molecular weight excluding hydrogens is 767 g/mol. The molecule has 0 N–H and O–H groups in total. The Morgan fingerprint density at radius 1 is 0.615 bits per heavy atom. The van der Waals surface area contributed by atoms with Gasteiger partial charge >= 0.3 is 304 Å². The van der Waals surface area contributed by atoms with Gasteiger partial charge in [0.25, 0.3) is 0 Å². The Bertz CT molecular complexity index is 2450. The van der Waals surface area contributed by atoms with E-state index in [0.717, 1.165) is 0 Å². The van der Waals surface area contributed by atoms with Crippen molar-refractivity contribution in [3.63, 3.8) is 0 Å². The number of halogens is 2. The van der Waals surface area contributed by atoms with E-state index >= 15 is 0 Å². The van der Waals surface area contributed by atoms with Crippen LogP contribution in [0.25, 0.3) is 56.0 Å². The Hall–Kier alpha value is -3.00. The van der Waals surface area contributed by atoms with Crippen LogP contribution < -0.4 is 0 Å². The van der Waals surface area contributed by atoms with Crippen molar-refractivity contribution in [1.82, 2.24) is 0 Å². The fourth-order valence-corrected chi connectivity index (χ4v) is 30.7. The third-order valence-electron chi connectivity index (χ3n) is 12.3. The summed E-state index contributed by atoms with van der Waals surface area (Å²) < 4.78 is 6.60. The van der Waals surface area contributed by atoms with Crippen LogP contribution >= 0.6 is 24.8 Å². The van der Waals surface area contributed by atoms with E-state index in [2.05, 4.69) is 171 Å². The zero-order valence-electron chi connectivity index (χ0n) is 31.5. The molecule has 3 unspecified atom stereocenters. The van der Waals surface area contributed by atoms with E-state index in [-0.39, 0.29) is 24.8 Å². The van der Waals surface area contributed by atoms with Crippen LogP contribution in [0.2, 0.25) is 9.26 Å². The van der Waals surface area contributed by atoms with Crippen molar-refractivity contribution in [2.24, 2.45) is 5.92 Å². The molecule has 0 nitrogen and oxygen atoms in total. The number of hydrogen-bond acceptors (Lipinski definition) is 0. The first-order chi connectivity index (χ1) is 24.1. The first kappa shape index (κ1) is 38.7. The molecule has 0 saturated heterocycles. The maximum atomic E-state index is 2.81. The predicted molar refractivity (Wildman–Crippen MR) is 234 cm³/mol. The average molecular weight is 819 g/mol. The summed E-state index contributed by atoms with van der Waals surface area (Å²) in [6, 6.07) is 43.5. The number of hydrogen-bond donors (Lipinski definition) is 0. The molecule has 4 heteroatoms. The van der Waals surface area contributed by atoms with Crippen molar-refractivity contribution < 1.29 is 17.4 Å². The molecule has 0 amide bonds. The third kappa shape index (κ3) is 6.26. The van der Waals surface area contributed by atoms with Crippen LogP contribution in [0.3, 0.4) is 0 Å². The minimum atomic E-state index is -3.83. The van der Waals surface area contributed by atoms with E-state index in [0.29, 0.717) is 13.2 Å². The van der Waals surface area contributed by atoms with Gasteiger partial charge in [0.05, 0.1) is 0 Å². The Morgan fingerprint density at radius 3 is 1.77 bits per heavy atom. The summed E-state index contributed by atoms with van der Waals surface area (Å²) in [5.74, 6) is 0.554. The molecule has 2 aliphatic rings. The van der Waals surface area contributed by atoms with Crippen LogP contribution in [0.15, 0.2) is 126 Å². The number of rotatable bonds is 8. The van der Waals surface area contributed by atoms with E-state index < -0.39 is 17.4 Å². The van der Waals surface area contributed by atoms with Gasteiger partial charge in [-0.3, -0.25) is 0 Å². The molecule has 3 atom stereocenters. The van der Waals surface area contributed by atoms with Gasteiger partial charge in [-0.05, 0) is 0 Å². The van der Waals surface area contributed by atoms with Gasteiger partial charge in [0.15, 0.2) is 0 Å². The van der Waals surface area contributed by atoms with E-state index in [1.54, 1.807) is 22.3 Å². The summed E-state index contributed by atoms with van der Waals surface area (Å²) >= 11 is -3.83. The fourth-order valence-electron chi connectivity index (χ4n) is 10.2. The van der Waals surface area contributed by atoms with Crippen molar-refractivity contribution >= 4 is 65.4 Å². The largest absolute Gasteiger partial charge is 0.147 e. The van der Waals surface area contributed by atoms with Gasteiger partial charge in [0, 0.05) is 0 Å². The van der Waals surface area contributed by atoms with Gasteiger partial charge in [-0.2, -0.15) is 0 Å². The molecule has 52 heavy (non-hydrogen) atoms. The van der Waals surface area contributed by atoms with Crippen molar-refractivity contribution in [2.75, 3.05) is 0 Å². The number of aryl methyl sites for hydroxylation is 1. The molecule has 8 rings (SSSR count). The number of fused-ring (bicyclic) bond motifs is 4. The second kappa shape index (κ2) is 14.7. The van der Waals surface area contributed by atoms with Crippen molar-refractivity contribution in [3.8, 4) is 22.3 Å². The van der Waals surface area contributed by atoms with E-state index in [1.807, 2.05) is 0 Å². The topological polar surface area (TPSA) is 0 Å². The summed E-state index contributed by atoms with van der Waals surface area (Å²) in [6.45, 7) is 12.2. The predicted octanol–water partition coefficient (Wildman–Crippen LogP) is 14.2. The summed E-state index contributed by atoms with van der Waals surface area (Å²) in [7, 11) is 0. The maximum absolute atomic E-state index is 3.83. The standard InChI is InChI=1S/C25H25.C21H17.2CH3.2ClH.H2Si.Zr/c1-3-4-9-18(2)21-16-20-12-8-15-24(25(20)17-21)23-14-7-11-19-10-5-6-13-22(19)23;1-14-12-20-15(2)10-11-19(21(20)13-14)18-9-5-7-16-6-3-4-8-17(16)18;;;;;;/h5-8,10-18H,3-4,9H2,1-2H3;3-13H,1-2H3;2*1H3;2*1H;1H2;. The Kier molecular flexibility index (Phi) is 10.9. The van der Waals surface area contributed by atoms with E-state index in [4.69, 9.17) is 0 Å². The second-order valence-corrected chi connectivity index (χ2v) is 47.0. The average Bonchev–Trinajstić information content (AvgIpc) is 3.71. The smallest absolute Gasteiger partial charge is 0.147 e. The molecule has 2 aliphatic carbocycles. The third-order valence-corrected chi connectivity index (χ3v) is 29.9. The SMILES string of the molecule is CCCCC(C)C1=Cc2c(-c3cccc4ccccc34)cccc2[CH]1[Zr]([CH3])([CH3])(=[SiH2])[CH]1C(C)=Cc2c(-c3cccc4ccccc34)ccc(C)c21.Cl.Cl. The van der Waals surface area contributed by atoms with Crippen molar-refractivity contribution in [1.29, 1.82) is 0 Å². The summed E-state index contributed by atoms with van der Waals surface area (Å²) in [4.78, 5) is 0. The molecule has 0 bridgehead atoms. The Morgan fingerprint density at radius 2 is 1.15 bits per heavy atom. The summed E-state index contributed by atoms with van der Waals surface area (Å²) in [6.07, 6.45) is 9.04. The van der Waals surface area contributed by atoms with Gasteiger partial charge in [0.1, 0.15) is 0 Å². The van der Waals surface area contributed by atoms with Crippen molar-refractivity contribution in [2.45, 2.75) is 63.5 Å². The van der Waals surface area contributed by atoms with Crippen LogP contribution in [0, 0.1) is 12.8 Å². The first-order valence-corrected chi connectivity index (χ1v) is 32.4. The molecule has 0 aliphatic heterocycles. The number of benzene rings is 6. The van der Waals surface area contributed by atoms with Gasteiger partial charge in [-0.25, -0.2) is 0 Å². The number of allylic oxidation sites excluding steroid dienone is 2. The van der Waals surface area contributed by atoms with Crippen LogP contribution in [-0.2, 0) is 17.4 Å². The summed E-state index contributed by atoms with van der Waals surface area (Å²) in [5, 5.41) is 5.30. The molecule has 0 heterocycles. The second-order valence-electron chi connectivity index (χ2n) is 16.5. The van der Waals surface area contributed by atoms with E-state index in [9.17, 15) is 0 Å². The quantitative estimate of drug-likeness (QED) is 0.134. The van der Waals surface area contributed by atoms with Crippen LogP contribution in [0.5, 0.6) is 0 Å². The molecule has 0 fully saturated rings. The van der Waals surface area contributed by atoms with Gasteiger partial charge < -0.3 is 0 Å². The minimum Gasteiger partial charge on any atom is -0.147 e. The Balaban J connectivity index is 0.00000232. The normalized spacial score (nSPS) is 17.1. The van der Waals surface area contributed by atoms with Gasteiger partial charge in [-0.1, -0.05) is 0 Å². The minimum absolute atomic E-state index is 0. The molecule has 0 spiro atoms. The molecule has 6 aromatic rings. The zero-order valence-corrected chi connectivity index (χ0v) is 37.0. The van der Waals surface area contributed by atoms with E-state index in [1.165, 1.54) is 79.8 Å². The molecular formula is C48H52Cl2SiZr. The van der Waals surface area contributed by atoms with Crippen LogP contribution in [0.1, 0.15) is 75.1 Å². The van der Waals surface area contributed by atoms with Crippen LogP contribution in [-0.4, -0.2) is 6.88 Å². The molecule has 6 aromatic carbocycles. The zero-order chi connectivity index (χ0) is 34.8. The summed E-state index contributed by atoms with van der Waals surface area (Å²) in [5.41, 5.74) is 16.3. The molecule has 0 saturated carbocycles. The fraction of sp³-hybridized carbons (Fsp3) is 0.250. The molecule has 0 radical (unpaired) electrons.